The van der Waals surface area contributed by atoms with E-state index in [1.807, 2.05) is 65.0 Å². The van der Waals surface area contributed by atoms with Crippen LogP contribution in [0.15, 0.2) is 42.6 Å². The van der Waals surface area contributed by atoms with Crippen molar-refractivity contribution in [2.45, 2.75) is 58.9 Å². The lowest BCUT2D eigenvalue weighted by atomic mass is 10.1. The zero-order chi connectivity index (χ0) is 25.3. The third kappa shape index (κ3) is 5.16. The highest BCUT2D eigenvalue weighted by Crippen LogP contribution is 2.30. The van der Waals surface area contributed by atoms with Crippen LogP contribution >= 0.6 is 0 Å². The smallest absolute Gasteiger partial charge is 0.410 e. The second-order valence-electron chi connectivity index (χ2n) is 9.78. The van der Waals surface area contributed by atoms with Crippen molar-refractivity contribution in [2.24, 2.45) is 0 Å². The molecule has 1 aromatic carbocycles. The van der Waals surface area contributed by atoms with Crippen molar-refractivity contribution in [3.63, 3.8) is 0 Å². The van der Waals surface area contributed by atoms with E-state index in [-0.39, 0.29) is 36.2 Å². The number of carboxylic acids is 1. The van der Waals surface area contributed by atoms with Crippen molar-refractivity contribution in [1.82, 2.24) is 19.5 Å². The Morgan fingerprint density at radius 1 is 1.09 bits per heavy atom. The fourth-order valence-corrected chi connectivity index (χ4v) is 4.15. The molecule has 0 spiro atoms. The molecule has 1 fully saturated rings. The molecule has 0 aliphatic carbocycles. The highest BCUT2D eigenvalue weighted by Gasteiger charge is 2.36. The average molecular weight is 482 g/mol. The van der Waals surface area contributed by atoms with Crippen molar-refractivity contribution in [3.8, 4) is 5.75 Å². The standard InChI is InChI=1S/C25H31N5O5/c1-16-14-29(24(33)35-25(3,4)5)17(2)13-28(16)19-11-12-26-22-21(20(23(31)32)27-30(19)22)34-15-18-9-7-6-8-10-18/h6-12,16-17H,13-15H2,1-5H3,(H,31,32)/t16-,17+/m0/s1. The molecule has 186 valence electrons. The van der Waals surface area contributed by atoms with Gasteiger partial charge in [-0.2, -0.15) is 9.61 Å². The van der Waals surface area contributed by atoms with Gasteiger partial charge in [0.15, 0.2) is 5.75 Å². The van der Waals surface area contributed by atoms with Crippen LogP contribution in [0.25, 0.3) is 5.65 Å². The Labute approximate surface area is 204 Å². The normalized spacial score (nSPS) is 18.5. The van der Waals surface area contributed by atoms with Crippen molar-refractivity contribution < 1.29 is 24.2 Å². The van der Waals surface area contributed by atoms with E-state index in [0.29, 0.717) is 24.6 Å². The second-order valence-corrected chi connectivity index (χ2v) is 9.78. The molecule has 10 heteroatoms. The molecule has 4 rings (SSSR count). The summed E-state index contributed by atoms with van der Waals surface area (Å²) < 4.78 is 13.0. The maximum absolute atomic E-state index is 12.7. The van der Waals surface area contributed by atoms with Gasteiger partial charge in [0.05, 0.1) is 0 Å². The van der Waals surface area contributed by atoms with Crippen molar-refractivity contribution in [1.29, 1.82) is 0 Å². The Kier molecular flexibility index (Phi) is 6.56. The lowest BCUT2D eigenvalue weighted by molar-refractivity contribution is 0.0129. The summed E-state index contributed by atoms with van der Waals surface area (Å²) in [6.07, 6.45) is 1.27. The monoisotopic (exact) mass is 481 g/mol. The van der Waals surface area contributed by atoms with Gasteiger partial charge in [-0.3, -0.25) is 0 Å². The molecular formula is C25H31N5O5. The van der Waals surface area contributed by atoms with Crippen molar-refractivity contribution in [3.05, 3.63) is 53.9 Å². The van der Waals surface area contributed by atoms with Crippen LogP contribution in [0.2, 0.25) is 0 Å². The van der Waals surface area contributed by atoms with E-state index >= 15 is 0 Å². The number of aromatic nitrogens is 3. The van der Waals surface area contributed by atoms with E-state index in [2.05, 4.69) is 15.0 Å². The quantitative estimate of drug-likeness (QED) is 0.585. The molecule has 2 atom stereocenters. The highest BCUT2D eigenvalue weighted by atomic mass is 16.6. The summed E-state index contributed by atoms with van der Waals surface area (Å²) in [5.74, 6) is -0.396. The summed E-state index contributed by atoms with van der Waals surface area (Å²) in [7, 11) is 0. The van der Waals surface area contributed by atoms with E-state index in [9.17, 15) is 14.7 Å². The molecule has 1 N–H and O–H groups in total. The number of fused-ring (bicyclic) bond motifs is 1. The second kappa shape index (κ2) is 9.44. The number of carboxylic acid groups (broad SMARTS) is 1. The summed E-state index contributed by atoms with van der Waals surface area (Å²) in [6, 6.07) is 11.1. The van der Waals surface area contributed by atoms with Crippen LogP contribution in [-0.4, -0.2) is 67.4 Å². The first-order valence-electron chi connectivity index (χ1n) is 11.6. The predicted octanol–water partition coefficient (Wildman–Crippen LogP) is 3.84. The summed E-state index contributed by atoms with van der Waals surface area (Å²) in [4.78, 5) is 32.9. The Bertz CT molecular complexity index is 1220. The Hall–Kier alpha value is -3.82. The van der Waals surface area contributed by atoms with Gasteiger partial charge in [0.1, 0.15) is 18.0 Å². The Morgan fingerprint density at radius 3 is 2.46 bits per heavy atom. The number of anilines is 1. The highest BCUT2D eigenvalue weighted by molar-refractivity contribution is 5.91. The number of hydrogen-bond acceptors (Lipinski definition) is 7. The van der Waals surface area contributed by atoms with Gasteiger partial charge in [-0.1, -0.05) is 30.3 Å². The van der Waals surface area contributed by atoms with Crippen LogP contribution in [-0.2, 0) is 11.3 Å². The third-order valence-corrected chi connectivity index (χ3v) is 5.79. The molecule has 0 bridgehead atoms. The van der Waals surface area contributed by atoms with Crippen LogP contribution in [0, 0.1) is 0 Å². The molecule has 1 amide bonds. The lowest BCUT2D eigenvalue weighted by Gasteiger charge is -2.45. The van der Waals surface area contributed by atoms with Gasteiger partial charge in [0.25, 0.3) is 0 Å². The van der Waals surface area contributed by atoms with Crippen LogP contribution in [0.4, 0.5) is 10.6 Å². The van der Waals surface area contributed by atoms with Crippen LogP contribution < -0.4 is 9.64 Å². The predicted molar refractivity (Wildman–Crippen MR) is 130 cm³/mol. The summed E-state index contributed by atoms with van der Waals surface area (Å²) in [6.45, 7) is 10.7. The van der Waals surface area contributed by atoms with Gasteiger partial charge in [0, 0.05) is 31.4 Å². The van der Waals surface area contributed by atoms with Gasteiger partial charge in [-0.25, -0.2) is 14.6 Å². The first-order valence-corrected chi connectivity index (χ1v) is 11.6. The molecule has 0 radical (unpaired) electrons. The lowest BCUT2D eigenvalue weighted by Crippen LogP contribution is -2.59. The number of rotatable bonds is 5. The number of piperazine rings is 1. The minimum absolute atomic E-state index is 0.0736. The van der Waals surface area contributed by atoms with Crippen molar-refractivity contribution in [2.75, 3.05) is 18.0 Å². The molecule has 10 nitrogen and oxygen atoms in total. The van der Waals surface area contributed by atoms with Crippen LogP contribution in [0.1, 0.15) is 50.7 Å². The number of nitrogens with zero attached hydrogens (tertiary/aromatic N) is 5. The topological polar surface area (TPSA) is 110 Å². The van der Waals surface area contributed by atoms with E-state index in [4.69, 9.17) is 9.47 Å². The van der Waals surface area contributed by atoms with Crippen molar-refractivity contribution >= 4 is 23.5 Å². The minimum atomic E-state index is -1.19. The van der Waals surface area contributed by atoms with Crippen LogP contribution in [0.3, 0.4) is 0 Å². The number of benzene rings is 1. The molecule has 2 aromatic heterocycles. The van der Waals surface area contributed by atoms with Gasteiger partial charge in [0.2, 0.25) is 11.3 Å². The molecule has 3 aromatic rings. The molecule has 0 saturated carbocycles. The average Bonchev–Trinajstić information content (AvgIpc) is 3.17. The van der Waals surface area contributed by atoms with Gasteiger partial charge >= 0.3 is 12.1 Å². The zero-order valence-corrected chi connectivity index (χ0v) is 20.6. The number of ether oxygens (including phenoxy) is 2. The molecule has 0 unspecified atom stereocenters. The fourth-order valence-electron chi connectivity index (χ4n) is 4.15. The number of aromatic carboxylic acids is 1. The number of amides is 1. The Morgan fingerprint density at radius 2 is 1.80 bits per heavy atom. The Balaban J connectivity index is 1.64. The molecule has 1 saturated heterocycles. The summed E-state index contributed by atoms with van der Waals surface area (Å²) in [5, 5.41) is 14.1. The zero-order valence-electron chi connectivity index (χ0n) is 20.6. The number of carbonyl (C=O) groups excluding carboxylic acids is 1. The maximum Gasteiger partial charge on any atom is 0.410 e. The van der Waals surface area contributed by atoms with Gasteiger partial charge < -0.3 is 24.4 Å². The van der Waals surface area contributed by atoms with E-state index in [0.717, 1.165) is 5.56 Å². The van der Waals surface area contributed by atoms with E-state index < -0.39 is 11.6 Å². The summed E-state index contributed by atoms with van der Waals surface area (Å²) >= 11 is 0. The number of carbonyl (C=O) groups is 2. The molecule has 1 aliphatic heterocycles. The summed E-state index contributed by atoms with van der Waals surface area (Å²) in [5.41, 5.74) is 0.451. The fraction of sp³-hybridized carbons (Fsp3) is 0.440. The van der Waals surface area contributed by atoms with E-state index in [1.54, 1.807) is 17.2 Å². The molecular weight excluding hydrogens is 450 g/mol. The largest absolute Gasteiger partial charge is 0.482 e. The number of hydrogen-bond donors (Lipinski definition) is 1. The molecule has 35 heavy (non-hydrogen) atoms. The molecule has 3 heterocycles. The third-order valence-electron chi connectivity index (χ3n) is 5.79. The first-order chi connectivity index (χ1) is 16.5. The molecule has 1 aliphatic rings. The van der Waals surface area contributed by atoms with Gasteiger partial charge in [-0.15, -0.1) is 0 Å². The van der Waals surface area contributed by atoms with Gasteiger partial charge in [-0.05, 0) is 46.2 Å². The maximum atomic E-state index is 12.7. The SMILES string of the molecule is C[C@@H]1CN(c2ccnc3c(OCc4ccccc4)c(C(=O)O)nn23)[C@@H](C)CN1C(=O)OC(C)(C)C. The minimum Gasteiger partial charge on any atom is -0.482 e. The van der Waals surface area contributed by atoms with Crippen LogP contribution in [0.5, 0.6) is 5.75 Å². The first kappa shape index (κ1) is 24.3. The van der Waals surface area contributed by atoms with E-state index in [1.165, 1.54) is 4.52 Å².